The zero-order chi connectivity index (χ0) is 9.85. The van der Waals surface area contributed by atoms with Crippen LogP contribution < -0.4 is 0 Å². The Labute approximate surface area is 106 Å². The molecule has 0 amide bonds. The van der Waals surface area contributed by atoms with Crippen LogP contribution in [0.4, 0.5) is 13.2 Å². The molecule has 14 heavy (non-hydrogen) atoms. The van der Waals surface area contributed by atoms with Gasteiger partial charge in [0.05, 0.1) is 0 Å². The van der Waals surface area contributed by atoms with Crippen LogP contribution in [0.5, 0.6) is 0 Å². The minimum atomic E-state index is -4.54. The Morgan fingerprint density at radius 1 is 1.43 bits per heavy atom. The minimum Gasteiger partial charge on any atom is -0.412 e. The molecule has 1 saturated carbocycles. The molecule has 77 valence electrons. The van der Waals surface area contributed by atoms with E-state index in [0.717, 1.165) is 0 Å². The van der Waals surface area contributed by atoms with Crippen molar-refractivity contribution in [3.63, 3.8) is 0 Å². The summed E-state index contributed by atoms with van der Waals surface area (Å²) in [6.07, 6.45) is -0.908. The topological polar surface area (TPSA) is 20.2 Å². The molecule has 5 heteroatoms. The van der Waals surface area contributed by atoms with E-state index in [2.05, 4.69) is 0 Å². The molecule has 1 nitrogen and oxygen atoms in total. The van der Waals surface area contributed by atoms with Crippen LogP contribution >= 0.6 is 0 Å². The third kappa shape index (κ3) is 1.41. The number of rotatable bonds is 0. The summed E-state index contributed by atoms with van der Waals surface area (Å²) in [6, 6.07) is 0. The fourth-order valence-corrected chi connectivity index (χ4v) is 2.34. The smallest absolute Gasteiger partial charge is 0.390 e. The Bertz CT molecular complexity index is 263. The van der Waals surface area contributed by atoms with Crippen LogP contribution in [0.1, 0.15) is 13.3 Å². The zero-order valence-corrected chi connectivity index (χ0v) is 10.5. The summed E-state index contributed by atoms with van der Waals surface area (Å²) in [5.74, 6) is -0.804. The molecule has 0 spiro atoms. The van der Waals surface area contributed by atoms with Gasteiger partial charge in [-0.3, -0.25) is 5.92 Å². The Hall–Kier alpha value is 0.594. The van der Waals surface area contributed by atoms with E-state index < -0.39 is 17.7 Å². The van der Waals surface area contributed by atoms with Crippen LogP contribution in [0.15, 0.2) is 12.2 Å². The molecular formula is C9H10F3OY-. The molecular weight excluding hydrogens is 270 g/mol. The molecule has 3 unspecified atom stereocenters. The van der Waals surface area contributed by atoms with Crippen molar-refractivity contribution in [3.8, 4) is 0 Å². The van der Waals surface area contributed by atoms with E-state index in [4.69, 9.17) is 0 Å². The van der Waals surface area contributed by atoms with Crippen molar-refractivity contribution in [1.82, 2.24) is 0 Å². The van der Waals surface area contributed by atoms with Crippen molar-refractivity contribution in [3.05, 3.63) is 18.1 Å². The summed E-state index contributed by atoms with van der Waals surface area (Å²) in [6.45, 7) is 1.39. The molecule has 2 rings (SSSR count). The summed E-state index contributed by atoms with van der Waals surface area (Å²) < 4.78 is 37.6. The number of aliphatic hydroxyl groups is 1. The van der Waals surface area contributed by atoms with Crippen molar-refractivity contribution < 1.29 is 51.0 Å². The molecule has 3 atom stereocenters. The molecule has 0 aromatic heterocycles. The quantitative estimate of drug-likeness (QED) is 0.532. The molecule has 0 aliphatic heterocycles. The maximum Gasteiger partial charge on any atom is 0.390 e. The van der Waals surface area contributed by atoms with Gasteiger partial charge in [0, 0.05) is 38.3 Å². The minimum absolute atomic E-state index is 0. The predicted molar refractivity (Wildman–Crippen MR) is 40.7 cm³/mol. The molecule has 1 fully saturated rings. The van der Waals surface area contributed by atoms with E-state index in [1.807, 2.05) is 0 Å². The Kier molecular flexibility index (Phi) is 3.22. The largest absolute Gasteiger partial charge is 0.412 e. The van der Waals surface area contributed by atoms with Crippen LogP contribution in [0.2, 0.25) is 0 Å². The van der Waals surface area contributed by atoms with Gasteiger partial charge in [-0.15, -0.1) is 12.0 Å². The Morgan fingerprint density at radius 2 is 2.00 bits per heavy atom. The van der Waals surface area contributed by atoms with E-state index >= 15 is 0 Å². The van der Waals surface area contributed by atoms with E-state index in [9.17, 15) is 18.3 Å². The third-order valence-electron chi connectivity index (χ3n) is 3.21. The maximum atomic E-state index is 12.5. The van der Waals surface area contributed by atoms with Gasteiger partial charge >= 0.3 is 6.18 Å². The molecule has 0 heterocycles. The van der Waals surface area contributed by atoms with Gasteiger partial charge in [-0.05, 0) is 5.92 Å². The average Bonchev–Trinajstić information content (AvgIpc) is 2.53. The van der Waals surface area contributed by atoms with Gasteiger partial charge in [0.1, 0.15) is 0 Å². The van der Waals surface area contributed by atoms with Crippen LogP contribution in [0.3, 0.4) is 0 Å². The van der Waals surface area contributed by atoms with Crippen molar-refractivity contribution in [1.29, 1.82) is 0 Å². The van der Waals surface area contributed by atoms with Gasteiger partial charge in [-0.1, -0.05) is 12.5 Å². The molecule has 1 radical (unpaired) electrons. The standard InChI is InChI=1S/C9H10F3O.Y/c1-5-6-2-3-7(4-6)8(5,13)9(10,11)12;/h2-3,6-7,13H,4H2,1H3;/q-1;. The number of hydrogen-bond donors (Lipinski definition) is 1. The summed E-state index contributed by atoms with van der Waals surface area (Å²) in [4.78, 5) is 0. The second-order valence-corrected chi connectivity index (χ2v) is 3.78. The number of halogens is 3. The molecule has 2 aliphatic rings. The van der Waals surface area contributed by atoms with E-state index in [0.29, 0.717) is 6.42 Å². The van der Waals surface area contributed by atoms with Gasteiger partial charge in [-0.25, -0.2) is 0 Å². The van der Waals surface area contributed by atoms with Crippen molar-refractivity contribution in [2.75, 3.05) is 0 Å². The van der Waals surface area contributed by atoms with Crippen molar-refractivity contribution in [2.45, 2.75) is 25.1 Å². The van der Waals surface area contributed by atoms with Crippen molar-refractivity contribution >= 4 is 0 Å². The van der Waals surface area contributed by atoms with Crippen LogP contribution in [0, 0.1) is 17.8 Å². The van der Waals surface area contributed by atoms with Gasteiger partial charge < -0.3 is 5.11 Å². The predicted octanol–water partition coefficient (Wildman–Crippen LogP) is 2.08. The fourth-order valence-electron chi connectivity index (χ4n) is 2.34. The summed E-state index contributed by atoms with van der Waals surface area (Å²) in [7, 11) is 0. The normalized spacial score (nSPS) is 41.5. The summed E-state index contributed by atoms with van der Waals surface area (Å²) >= 11 is 0. The number of allylic oxidation sites excluding steroid dienone is 1. The molecule has 0 aromatic carbocycles. The van der Waals surface area contributed by atoms with Crippen LogP contribution in [0.25, 0.3) is 0 Å². The second kappa shape index (κ2) is 3.56. The number of fused-ring (bicyclic) bond motifs is 2. The molecule has 2 bridgehead atoms. The van der Waals surface area contributed by atoms with E-state index in [1.54, 1.807) is 6.08 Å². The van der Waals surface area contributed by atoms with Crippen LogP contribution in [-0.2, 0) is 32.7 Å². The van der Waals surface area contributed by atoms with Crippen molar-refractivity contribution in [2.24, 2.45) is 11.8 Å². The Balaban J connectivity index is 0.000000980. The number of hydrogen-bond acceptors (Lipinski definition) is 1. The third-order valence-corrected chi connectivity index (χ3v) is 3.21. The first kappa shape index (κ1) is 12.7. The van der Waals surface area contributed by atoms with Crippen LogP contribution in [-0.4, -0.2) is 16.9 Å². The maximum absolute atomic E-state index is 12.5. The molecule has 0 aromatic rings. The molecule has 0 saturated heterocycles. The molecule has 2 aliphatic carbocycles. The SMILES string of the molecule is C[C-]1C2C=CC(C2)C1(O)C(F)(F)F.[Y]. The fraction of sp³-hybridized carbons (Fsp3) is 0.667. The second-order valence-electron chi connectivity index (χ2n) is 3.78. The van der Waals surface area contributed by atoms with Gasteiger partial charge in [0.25, 0.3) is 0 Å². The summed E-state index contributed by atoms with van der Waals surface area (Å²) in [5.41, 5.74) is -2.56. The van der Waals surface area contributed by atoms with Gasteiger partial charge in [0.15, 0.2) is 0 Å². The average molecular weight is 280 g/mol. The van der Waals surface area contributed by atoms with E-state index in [-0.39, 0.29) is 44.5 Å². The summed E-state index contributed by atoms with van der Waals surface area (Å²) in [5, 5.41) is 9.57. The molecule has 1 N–H and O–H groups in total. The monoisotopic (exact) mass is 280 g/mol. The first-order chi connectivity index (χ1) is 5.87. The zero-order valence-electron chi connectivity index (χ0n) is 7.67. The first-order valence-corrected chi connectivity index (χ1v) is 4.18. The van der Waals surface area contributed by atoms with E-state index in [1.165, 1.54) is 13.0 Å². The first-order valence-electron chi connectivity index (χ1n) is 4.18. The Morgan fingerprint density at radius 3 is 2.29 bits per heavy atom. The number of alkyl halides is 3. The van der Waals surface area contributed by atoms with Gasteiger partial charge in [-0.2, -0.15) is 20.1 Å². The van der Waals surface area contributed by atoms with Gasteiger partial charge in [0.2, 0.25) is 0 Å².